The SMILES string of the molecule is CN1CCC(N(C)Cc2cccnc2C#N)CC1. The molecule has 2 heterocycles. The molecule has 0 spiro atoms. The van der Waals surface area contributed by atoms with E-state index in [1.165, 1.54) is 12.8 Å². The second kappa shape index (κ2) is 5.94. The largest absolute Gasteiger partial charge is 0.306 e. The first kappa shape index (κ1) is 13.0. The Kier molecular flexibility index (Phi) is 4.29. The Labute approximate surface area is 109 Å². The number of rotatable bonds is 3. The van der Waals surface area contributed by atoms with E-state index < -0.39 is 0 Å². The van der Waals surface area contributed by atoms with Gasteiger partial charge in [-0.2, -0.15) is 5.26 Å². The van der Waals surface area contributed by atoms with Crippen LogP contribution in [0.5, 0.6) is 0 Å². The van der Waals surface area contributed by atoms with Gasteiger partial charge in [0.1, 0.15) is 11.8 Å². The van der Waals surface area contributed by atoms with Crippen molar-refractivity contribution in [3.05, 3.63) is 29.6 Å². The van der Waals surface area contributed by atoms with Crippen LogP contribution in [0.1, 0.15) is 24.1 Å². The zero-order valence-electron chi connectivity index (χ0n) is 11.1. The van der Waals surface area contributed by atoms with E-state index in [4.69, 9.17) is 5.26 Å². The summed E-state index contributed by atoms with van der Waals surface area (Å²) in [6.07, 6.45) is 4.09. The van der Waals surface area contributed by atoms with Crippen molar-refractivity contribution in [2.45, 2.75) is 25.4 Å². The molecular weight excluding hydrogens is 224 g/mol. The molecule has 2 rings (SSSR count). The Balaban J connectivity index is 1.99. The van der Waals surface area contributed by atoms with Crippen LogP contribution in [0.25, 0.3) is 0 Å². The summed E-state index contributed by atoms with van der Waals surface area (Å²) in [4.78, 5) is 8.83. The summed E-state index contributed by atoms with van der Waals surface area (Å²) in [6, 6.07) is 6.68. The van der Waals surface area contributed by atoms with E-state index >= 15 is 0 Å². The number of nitrogens with zero attached hydrogens (tertiary/aromatic N) is 4. The van der Waals surface area contributed by atoms with Crippen LogP contribution in [0, 0.1) is 11.3 Å². The van der Waals surface area contributed by atoms with Crippen molar-refractivity contribution >= 4 is 0 Å². The molecule has 0 unspecified atom stereocenters. The Morgan fingerprint density at radius 2 is 2.22 bits per heavy atom. The van der Waals surface area contributed by atoms with Crippen LogP contribution in [0.3, 0.4) is 0 Å². The molecule has 0 saturated carbocycles. The summed E-state index contributed by atoms with van der Waals surface area (Å²) in [5.41, 5.74) is 1.58. The molecule has 0 amide bonds. The maximum absolute atomic E-state index is 9.04. The number of nitriles is 1. The lowest BCUT2D eigenvalue weighted by atomic mass is 10.0. The second-order valence-corrected chi connectivity index (χ2v) is 5.07. The lowest BCUT2D eigenvalue weighted by molar-refractivity contribution is 0.139. The van der Waals surface area contributed by atoms with Crippen molar-refractivity contribution in [2.24, 2.45) is 0 Å². The van der Waals surface area contributed by atoms with E-state index in [0.29, 0.717) is 11.7 Å². The quantitative estimate of drug-likeness (QED) is 0.808. The Bertz CT molecular complexity index is 430. The third-order valence-corrected chi connectivity index (χ3v) is 3.73. The Hall–Kier alpha value is -1.44. The van der Waals surface area contributed by atoms with Crippen LogP contribution in [0.15, 0.2) is 18.3 Å². The molecule has 0 aromatic carbocycles. The van der Waals surface area contributed by atoms with Gasteiger partial charge >= 0.3 is 0 Å². The first-order chi connectivity index (χ1) is 8.70. The fourth-order valence-electron chi connectivity index (χ4n) is 2.50. The van der Waals surface area contributed by atoms with Crippen LogP contribution in [0.4, 0.5) is 0 Å². The third kappa shape index (κ3) is 3.06. The maximum atomic E-state index is 9.04. The number of hydrogen-bond acceptors (Lipinski definition) is 4. The standard InChI is InChI=1S/C14H20N4/c1-17-8-5-13(6-9-17)18(2)11-12-4-3-7-16-14(12)10-15/h3-4,7,13H,5-6,8-9,11H2,1-2H3. The molecule has 1 saturated heterocycles. The molecule has 0 bridgehead atoms. The lowest BCUT2D eigenvalue weighted by Gasteiger charge is -2.35. The molecule has 4 heteroatoms. The molecule has 1 aliphatic rings. The van der Waals surface area contributed by atoms with E-state index in [2.05, 4.69) is 34.9 Å². The highest BCUT2D eigenvalue weighted by atomic mass is 15.2. The lowest BCUT2D eigenvalue weighted by Crippen LogP contribution is -2.41. The number of pyridine rings is 1. The second-order valence-electron chi connectivity index (χ2n) is 5.07. The first-order valence-electron chi connectivity index (χ1n) is 6.43. The zero-order valence-corrected chi connectivity index (χ0v) is 11.1. The van der Waals surface area contributed by atoms with Gasteiger partial charge in [-0.1, -0.05) is 6.07 Å². The molecular formula is C14H20N4. The summed E-state index contributed by atoms with van der Waals surface area (Å²) in [7, 11) is 4.31. The van der Waals surface area contributed by atoms with Crippen molar-refractivity contribution < 1.29 is 0 Å². The molecule has 4 nitrogen and oxygen atoms in total. The molecule has 1 aliphatic heterocycles. The maximum Gasteiger partial charge on any atom is 0.144 e. The minimum Gasteiger partial charge on any atom is -0.306 e. The van der Waals surface area contributed by atoms with Gasteiger partial charge in [-0.3, -0.25) is 4.90 Å². The Morgan fingerprint density at radius 1 is 1.50 bits per heavy atom. The van der Waals surface area contributed by atoms with Gasteiger partial charge < -0.3 is 4.90 Å². The van der Waals surface area contributed by atoms with Crippen LogP contribution in [-0.4, -0.2) is 48.0 Å². The van der Waals surface area contributed by atoms with E-state index in [9.17, 15) is 0 Å². The summed E-state index contributed by atoms with van der Waals surface area (Å²) in [6.45, 7) is 3.13. The number of likely N-dealkylation sites (tertiary alicyclic amines) is 1. The first-order valence-corrected chi connectivity index (χ1v) is 6.43. The molecule has 18 heavy (non-hydrogen) atoms. The van der Waals surface area contributed by atoms with Crippen LogP contribution in [0.2, 0.25) is 0 Å². The summed E-state index contributed by atoms with van der Waals surface area (Å²) < 4.78 is 0. The highest BCUT2D eigenvalue weighted by Gasteiger charge is 2.21. The highest BCUT2D eigenvalue weighted by Crippen LogP contribution is 2.17. The molecule has 1 aromatic rings. The van der Waals surface area contributed by atoms with E-state index in [-0.39, 0.29) is 0 Å². The minimum atomic E-state index is 0.553. The van der Waals surface area contributed by atoms with Crippen LogP contribution >= 0.6 is 0 Å². The molecule has 96 valence electrons. The van der Waals surface area contributed by atoms with Crippen molar-refractivity contribution in [1.82, 2.24) is 14.8 Å². The molecule has 1 fully saturated rings. The van der Waals surface area contributed by atoms with Gasteiger partial charge in [-0.25, -0.2) is 4.98 Å². The van der Waals surface area contributed by atoms with Gasteiger partial charge in [0, 0.05) is 24.3 Å². The average molecular weight is 244 g/mol. The smallest absolute Gasteiger partial charge is 0.144 e. The van der Waals surface area contributed by atoms with Gasteiger partial charge in [0.2, 0.25) is 0 Å². The normalized spacial score (nSPS) is 17.9. The highest BCUT2D eigenvalue weighted by molar-refractivity contribution is 5.30. The van der Waals surface area contributed by atoms with Crippen LogP contribution < -0.4 is 0 Å². The fraction of sp³-hybridized carbons (Fsp3) is 0.571. The van der Waals surface area contributed by atoms with Crippen molar-refractivity contribution in [3.63, 3.8) is 0 Å². The predicted octanol–water partition coefficient (Wildman–Crippen LogP) is 1.48. The third-order valence-electron chi connectivity index (χ3n) is 3.73. The van der Waals surface area contributed by atoms with Gasteiger partial charge in [0.05, 0.1) is 0 Å². The van der Waals surface area contributed by atoms with Gasteiger partial charge in [0.25, 0.3) is 0 Å². The van der Waals surface area contributed by atoms with E-state index in [0.717, 1.165) is 25.2 Å². The van der Waals surface area contributed by atoms with Gasteiger partial charge in [0.15, 0.2) is 0 Å². The van der Waals surface area contributed by atoms with Crippen molar-refractivity contribution in [2.75, 3.05) is 27.2 Å². The minimum absolute atomic E-state index is 0.553. The predicted molar refractivity (Wildman–Crippen MR) is 70.9 cm³/mol. The number of piperidine rings is 1. The number of hydrogen-bond donors (Lipinski definition) is 0. The molecule has 0 radical (unpaired) electrons. The van der Waals surface area contributed by atoms with Gasteiger partial charge in [-0.15, -0.1) is 0 Å². The Morgan fingerprint density at radius 3 is 2.89 bits per heavy atom. The topological polar surface area (TPSA) is 43.2 Å². The van der Waals surface area contributed by atoms with E-state index in [1.807, 2.05) is 12.1 Å². The fourth-order valence-corrected chi connectivity index (χ4v) is 2.50. The molecule has 1 aromatic heterocycles. The van der Waals surface area contributed by atoms with Crippen LogP contribution in [-0.2, 0) is 6.54 Å². The molecule has 0 atom stereocenters. The summed E-state index contributed by atoms with van der Waals surface area (Å²) in [5, 5.41) is 9.04. The average Bonchev–Trinajstić information content (AvgIpc) is 2.40. The monoisotopic (exact) mass is 244 g/mol. The molecule has 0 aliphatic carbocycles. The number of aromatic nitrogens is 1. The van der Waals surface area contributed by atoms with E-state index in [1.54, 1.807) is 6.20 Å². The van der Waals surface area contributed by atoms with Gasteiger partial charge in [-0.05, 0) is 46.1 Å². The van der Waals surface area contributed by atoms with Crippen molar-refractivity contribution in [1.29, 1.82) is 5.26 Å². The summed E-state index contributed by atoms with van der Waals surface area (Å²) in [5.74, 6) is 0. The molecule has 0 N–H and O–H groups in total. The van der Waals surface area contributed by atoms with Crippen molar-refractivity contribution in [3.8, 4) is 6.07 Å². The summed E-state index contributed by atoms with van der Waals surface area (Å²) >= 11 is 0. The zero-order chi connectivity index (χ0) is 13.0.